The van der Waals surface area contributed by atoms with E-state index in [0.717, 1.165) is 30.0 Å². The molecule has 2 heterocycles. The molecule has 8 nitrogen and oxygen atoms in total. The second kappa shape index (κ2) is 10.3. The fourth-order valence-electron chi connectivity index (χ4n) is 4.01. The molecule has 0 N–H and O–H groups in total. The van der Waals surface area contributed by atoms with E-state index >= 15 is 0 Å². The molecule has 178 valence electrons. The van der Waals surface area contributed by atoms with Crippen LogP contribution in [0.1, 0.15) is 0 Å². The van der Waals surface area contributed by atoms with Crippen LogP contribution in [0, 0.1) is 0 Å². The minimum atomic E-state index is -0.0253. The van der Waals surface area contributed by atoms with Crippen LogP contribution in [-0.4, -0.2) is 60.8 Å². The van der Waals surface area contributed by atoms with Crippen LogP contribution in [0.3, 0.4) is 0 Å². The van der Waals surface area contributed by atoms with Gasteiger partial charge in [-0.05, 0) is 54.6 Å². The average molecular weight is 471 g/mol. The highest BCUT2D eigenvalue weighted by atomic mass is 16.5. The number of benzene rings is 3. The number of nitrogens with zero attached hydrogens (tertiary/aromatic N) is 4. The van der Waals surface area contributed by atoms with Gasteiger partial charge in [0.25, 0.3) is 11.8 Å². The maximum atomic E-state index is 12.7. The fraction of sp³-hybridized carbons (Fsp3) is 0.222. The third-order valence-electron chi connectivity index (χ3n) is 5.97. The molecule has 0 atom stereocenters. The minimum Gasteiger partial charge on any atom is -0.497 e. The lowest BCUT2D eigenvalue weighted by Crippen LogP contribution is -2.50. The summed E-state index contributed by atoms with van der Waals surface area (Å²) < 4.78 is 16.4. The van der Waals surface area contributed by atoms with Crippen molar-refractivity contribution in [1.29, 1.82) is 0 Å². The molecule has 0 aliphatic carbocycles. The van der Waals surface area contributed by atoms with Crippen molar-refractivity contribution in [2.45, 2.75) is 0 Å². The molecule has 5 rings (SSSR count). The molecule has 0 radical (unpaired) electrons. The quantitative estimate of drug-likeness (QED) is 0.402. The van der Waals surface area contributed by atoms with E-state index in [1.54, 1.807) is 13.2 Å². The Morgan fingerprint density at radius 2 is 1.66 bits per heavy atom. The summed E-state index contributed by atoms with van der Waals surface area (Å²) in [6, 6.07) is 25.0. The molecule has 0 unspecified atom stereocenters. The van der Waals surface area contributed by atoms with Crippen LogP contribution in [0.25, 0.3) is 22.8 Å². The van der Waals surface area contributed by atoms with Crippen molar-refractivity contribution in [1.82, 2.24) is 15.0 Å². The van der Waals surface area contributed by atoms with Crippen LogP contribution in [0.4, 0.5) is 5.69 Å². The van der Waals surface area contributed by atoms with E-state index in [1.165, 1.54) is 5.69 Å². The molecule has 8 heteroatoms. The zero-order valence-electron chi connectivity index (χ0n) is 19.5. The first-order valence-electron chi connectivity index (χ1n) is 11.5. The first kappa shape index (κ1) is 22.5. The number of hydrogen-bond acceptors (Lipinski definition) is 7. The van der Waals surface area contributed by atoms with E-state index < -0.39 is 0 Å². The highest BCUT2D eigenvalue weighted by Crippen LogP contribution is 2.26. The van der Waals surface area contributed by atoms with E-state index in [0.29, 0.717) is 30.6 Å². The molecule has 0 spiro atoms. The van der Waals surface area contributed by atoms with Gasteiger partial charge in [0, 0.05) is 43.0 Å². The van der Waals surface area contributed by atoms with E-state index in [2.05, 4.69) is 27.2 Å². The highest BCUT2D eigenvalue weighted by molar-refractivity contribution is 5.78. The number of carbonyl (C=O) groups excluding carboxylic acids is 1. The maximum absolute atomic E-state index is 12.7. The lowest BCUT2D eigenvalue weighted by molar-refractivity contribution is -0.133. The van der Waals surface area contributed by atoms with Crippen LogP contribution >= 0.6 is 0 Å². The van der Waals surface area contributed by atoms with Crippen molar-refractivity contribution < 1.29 is 18.8 Å². The van der Waals surface area contributed by atoms with E-state index in [4.69, 9.17) is 14.0 Å². The van der Waals surface area contributed by atoms with Gasteiger partial charge < -0.3 is 23.8 Å². The van der Waals surface area contributed by atoms with Gasteiger partial charge in [-0.3, -0.25) is 4.79 Å². The Labute approximate surface area is 203 Å². The minimum absolute atomic E-state index is 0.0181. The van der Waals surface area contributed by atoms with Crippen LogP contribution in [0.5, 0.6) is 11.5 Å². The summed E-state index contributed by atoms with van der Waals surface area (Å²) in [5, 5.41) is 4.08. The van der Waals surface area contributed by atoms with E-state index in [-0.39, 0.29) is 12.5 Å². The molecular weight excluding hydrogens is 444 g/mol. The Hall–Kier alpha value is -4.33. The van der Waals surface area contributed by atoms with Crippen LogP contribution in [0.2, 0.25) is 0 Å². The number of hydrogen-bond donors (Lipinski definition) is 0. The monoisotopic (exact) mass is 470 g/mol. The second-order valence-corrected chi connectivity index (χ2v) is 8.17. The third-order valence-corrected chi connectivity index (χ3v) is 5.97. The van der Waals surface area contributed by atoms with Crippen molar-refractivity contribution in [3.05, 3.63) is 78.9 Å². The topological polar surface area (TPSA) is 80.9 Å². The Kier molecular flexibility index (Phi) is 6.61. The summed E-state index contributed by atoms with van der Waals surface area (Å²) in [5.74, 6) is 2.17. The van der Waals surface area contributed by atoms with Gasteiger partial charge in [0.15, 0.2) is 6.61 Å². The lowest BCUT2D eigenvalue weighted by Gasteiger charge is -2.36. The van der Waals surface area contributed by atoms with Crippen molar-refractivity contribution in [2.75, 3.05) is 44.8 Å². The number of methoxy groups -OCH3 is 1. The van der Waals surface area contributed by atoms with Crippen LogP contribution in [-0.2, 0) is 4.79 Å². The standard InChI is InChI=1S/C27H26N4O4/c1-33-23-12-10-20(11-13-23)26-28-27(35-29-26)21-6-5-9-24(18-21)34-19-25(32)31-16-14-30(15-17-31)22-7-3-2-4-8-22/h2-13,18H,14-17,19H2,1H3. The van der Waals surface area contributed by atoms with Crippen molar-refractivity contribution in [3.63, 3.8) is 0 Å². The largest absolute Gasteiger partial charge is 0.497 e. The first-order chi connectivity index (χ1) is 17.2. The van der Waals surface area contributed by atoms with Crippen LogP contribution < -0.4 is 14.4 Å². The number of rotatable bonds is 7. The number of piperazine rings is 1. The molecule has 3 aromatic carbocycles. The van der Waals surface area contributed by atoms with Gasteiger partial charge in [-0.15, -0.1) is 0 Å². The number of anilines is 1. The van der Waals surface area contributed by atoms with Gasteiger partial charge in [0.2, 0.25) is 5.82 Å². The van der Waals surface area contributed by atoms with Gasteiger partial charge >= 0.3 is 0 Å². The van der Waals surface area contributed by atoms with E-state index in [9.17, 15) is 4.79 Å². The fourth-order valence-corrected chi connectivity index (χ4v) is 4.01. The molecule has 1 saturated heterocycles. The summed E-state index contributed by atoms with van der Waals surface area (Å²) in [5.41, 5.74) is 2.73. The van der Waals surface area contributed by atoms with E-state index in [1.807, 2.05) is 65.6 Å². The molecule has 4 aromatic rings. The highest BCUT2D eigenvalue weighted by Gasteiger charge is 2.21. The summed E-state index contributed by atoms with van der Waals surface area (Å²) in [6.45, 7) is 2.94. The predicted octanol–water partition coefficient (Wildman–Crippen LogP) is 4.14. The summed E-state index contributed by atoms with van der Waals surface area (Å²) in [4.78, 5) is 21.3. The van der Waals surface area contributed by atoms with Crippen molar-refractivity contribution in [3.8, 4) is 34.3 Å². The van der Waals surface area contributed by atoms with Crippen molar-refractivity contribution >= 4 is 11.6 Å². The second-order valence-electron chi connectivity index (χ2n) is 8.17. The molecule has 1 aliphatic heterocycles. The molecule has 1 aromatic heterocycles. The Morgan fingerprint density at radius 1 is 0.886 bits per heavy atom. The SMILES string of the molecule is COc1ccc(-c2noc(-c3cccc(OCC(=O)N4CCN(c5ccccc5)CC4)c3)n2)cc1. The van der Waals surface area contributed by atoms with Gasteiger partial charge in [0.05, 0.1) is 7.11 Å². The number of amides is 1. The number of para-hydroxylation sites is 1. The molecule has 1 aliphatic rings. The Bertz CT molecular complexity index is 1270. The molecule has 0 bridgehead atoms. The number of carbonyl (C=O) groups is 1. The zero-order valence-corrected chi connectivity index (χ0v) is 19.5. The first-order valence-corrected chi connectivity index (χ1v) is 11.5. The average Bonchev–Trinajstić information content (AvgIpc) is 3.43. The molecule has 0 saturated carbocycles. The van der Waals surface area contributed by atoms with Gasteiger partial charge in [-0.1, -0.05) is 29.4 Å². The van der Waals surface area contributed by atoms with Crippen LogP contribution in [0.15, 0.2) is 83.4 Å². The van der Waals surface area contributed by atoms with Gasteiger partial charge in [0.1, 0.15) is 11.5 Å². The molecular formula is C27H26N4O4. The van der Waals surface area contributed by atoms with Gasteiger partial charge in [-0.25, -0.2) is 0 Å². The summed E-state index contributed by atoms with van der Waals surface area (Å²) in [7, 11) is 1.62. The van der Waals surface area contributed by atoms with Gasteiger partial charge in [-0.2, -0.15) is 4.98 Å². The maximum Gasteiger partial charge on any atom is 0.260 e. The summed E-state index contributed by atoms with van der Waals surface area (Å²) >= 11 is 0. The Balaban J connectivity index is 1.17. The number of ether oxygens (including phenoxy) is 2. The lowest BCUT2D eigenvalue weighted by atomic mass is 10.2. The predicted molar refractivity (Wildman–Crippen MR) is 132 cm³/mol. The van der Waals surface area contributed by atoms with Crippen molar-refractivity contribution in [2.24, 2.45) is 0 Å². The molecule has 1 fully saturated rings. The normalized spacial score (nSPS) is 13.5. The zero-order chi connectivity index (χ0) is 24.0. The molecule has 35 heavy (non-hydrogen) atoms. The Morgan fingerprint density at radius 3 is 2.40 bits per heavy atom. The smallest absolute Gasteiger partial charge is 0.260 e. The summed E-state index contributed by atoms with van der Waals surface area (Å²) in [6.07, 6.45) is 0. The third kappa shape index (κ3) is 5.27. The number of aromatic nitrogens is 2. The molecule has 1 amide bonds.